The maximum atomic E-state index is 11.3. The number of nitrogens with one attached hydrogen (secondary N) is 2. The van der Waals surface area contributed by atoms with Crippen LogP contribution in [0.2, 0.25) is 0 Å². The van der Waals surface area contributed by atoms with E-state index in [1.54, 1.807) is 0 Å². The molecule has 0 unspecified atom stereocenters. The van der Waals surface area contributed by atoms with E-state index in [2.05, 4.69) is 30.5 Å². The van der Waals surface area contributed by atoms with Gasteiger partial charge in [0, 0.05) is 12.2 Å². The lowest BCUT2D eigenvalue weighted by Gasteiger charge is -2.09. The number of anilines is 1. The fourth-order valence-corrected chi connectivity index (χ4v) is 1.64. The van der Waals surface area contributed by atoms with Gasteiger partial charge in [-0.3, -0.25) is 4.79 Å². The summed E-state index contributed by atoms with van der Waals surface area (Å²) in [5.74, 6) is 0.0343. The van der Waals surface area contributed by atoms with Crippen molar-refractivity contribution < 1.29 is 4.79 Å². The highest BCUT2D eigenvalue weighted by Gasteiger charge is 2.12. The van der Waals surface area contributed by atoms with E-state index in [1.165, 1.54) is 16.7 Å². The fraction of sp³-hybridized carbons (Fsp3) is 0.364. The summed E-state index contributed by atoms with van der Waals surface area (Å²) < 4.78 is 0. The molecule has 0 saturated heterocycles. The summed E-state index contributed by atoms with van der Waals surface area (Å²) in [6, 6.07) is 4.17. The smallest absolute Gasteiger partial charge is 0.238 e. The number of aryl methyl sites for hydroxylation is 2. The zero-order chi connectivity index (χ0) is 10.1. The third-order valence-corrected chi connectivity index (χ3v) is 2.59. The summed E-state index contributed by atoms with van der Waals surface area (Å²) in [5.41, 5.74) is 4.59. The van der Waals surface area contributed by atoms with Crippen molar-refractivity contribution in [1.82, 2.24) is 5.32 Å². The summed E-state index contributed by atoms with van der Waals surface area (Å²) in [5, 5.41) is 5.98. The molecule has 1 aliphatic heterocycles. The Kier molecular flexibility index (Phi) is 2.25. The number of hydrogen-bond donors (Lipinski definition) is 2. The summed E-state index contributed by atoms with van der Waals surface area (Å²) in [7, 11) is 0. The second-order valence-electron chi connectivity index (χ2n) is 3.75. The molecule has 0 aliphatic carbocycles. The van der Waals surface area contributed by atoms with Crippen LogP contribution in [0.4, 0.5) is 5.69 Å². The van der Waals surface area contributed by atoms with Crippen LogP contribution >= 0.6 is 0 Å². The van der Waals surface area contributed by atoms with Gasteiger partial charge in [-0.2, -0.15) is 0 Å². The lowest BCUT2D eigenvalue weighted by atomic mass is 10.0. The van der Waals surface area contributed by atoms with Gasteiger partial charge in [-0.25, -0.2) is 0 Å². The third-order valence-electron chi connectivity index (χ3n) is 2.59. The molecule has 2 rings (SSSR count). The van der Waals surface area contributed by atoms with E-state index in [9.17, 15) is 4.79 Å². The van der Waals surface area contributed by atoms with Crippen LogP contribution in [0.15, 0.2) is 12.1 Å². The molecule has 14 heavy (non-hydrogen) atoms. The molecule has 0 fully saturated rings. The first-order valence-electron chi connectivity index (χ1n) is 4.77. The van der Waals surface area contributed by atoms with Crippen LogP contribution < -0.4 is 10.6 Å². The molecule has 0 atom stereocenters. The maximum absolute atomic E-state index is 11.3. The number of carbonyl (C=O) groups is 1. The summed E-state index contributed by atoms with van der Waals surface area (Å²) in [4.78, 5) is 11.3. The van der Waals surface area contributed by atoms with Gasteiger partial charge in [0.2, 0.25) is 5.91 Å². The standard InChI is InChI=1S/C11H14N2O/c1-7-3-9-5-12-6-11(14)13-10(9)4-8(7)2/h3-4,12H,5-6H2,1-2H3,(H,13,14). The van der Waals surface area contributed by atoms with Crippen LogP contribution in [0, 0.1) is 13.8 Å². The Morgan fingerprint density at radius 3 is 2.64 bits per heavy atom. The van der Waals surface area contributed by atoms with Gasteiger partial charge in [-0.1, -0.05) is 6.07 Å². The Morgan fingerprint density at radius 1 is 1.14 bits per heavy atom. The van der Waals surface area contributed by atoms with Gasteiger partial charge in [0.15, 0.2) is 0 Å². The number of rotatable bonds is 0. The number of fused-ring (bicyclic) bond motifs is 1. The first-order valence-corrected chi connectivity index (χ1v) is 4.77. The van der Waals surface area contributed by atoms with Crippen LogP contribution in [-0.2, 0) is 11.3 Å². The number of benzene rings is 1. The quantitative estimate of drug-likeness (QED) is 0.648. The number of carbonyl (C=O) groups excluding carboxylic acids is 1. The van der Waals surface area contributed by atoms with Crippen LogP contribution in [-0.4, -0.2) is 12.5 Å². The molecule has 1 amide bonds. The van der Waals surface area contributed by atoms with Gasteiger partial charge in [0.05, 0.1) is 6.54 Å². The Balaban J connectivity index is 2.46. The first-order chi connectivity index (χ1) is 6.66. The zero-order valence-electron chi connectivity index (χ0n) is 8.48. The predicted octanol–water partition coefficient (Wildman–Crippen LogP) is 1.35. The topological polar surface area (TPSA) is 41.1 Å². The molecule has 1 aromatic carbocycles. The fourth-order valence-electron chi connectivity index (χ4n) is 1.64. The van der Waals surface area contributed by atoms with E-state index in [-0.39, 0.29) is 5.91 Å². The third kappa shape index (κ3) is 1.63. The number of hydrogen-bond acceptors (Lipinski definition) is 2. The minimum Gasteiger partial charge on any atom is -0.325 e. The molecule has 1 aliphatic rings. The normalized spacial score (nSPS) is 15.7. The van der Waals surface area contributed by atoms with E-state index in [1.807, 2.05) is 6.07 Å². The molecule has 3 heteroatoms. The van der Waals surface area contributed by atoms with Gasteiger partial charge in [-0.05, 0) is 36.6 Å². The molecular formula is C11H14N2O. The Morgan fingerprint density at radius 2 is 1.86 bits per heavy atom. The average molecular weight is 190 g/mol. The molecule has 0 bridgehead atoms. The lowest BCUT2D eigenvalue weighted by molar-refractivity contribution is -0.115. The van der Waals surface area contributed by atoms with Gasteiger partial charge < -0.3 is 10.6 Å². The lowest BCUT2D eigenvalue weighted by Crippen LogP contribution is -2.23. The van der Waals surface area contributed by atoms with Crippen LogP contribution in [0.25, 0.3) is 0 Å². The first kappa shape index (κ1) is 9.21. The van der Waals surface area contributed by atoms with Crippen molar-refractivity contribution in [2.24, 2.45) is 0 Å². The molecule has 74 valence electrons. The van der Waals surface area contributed by atoms with Gasteiger partial charge >= 0.3 is 0 Å². The van der Waals surface area contributed by atoms with Crippen LogP contribution in [0.3, 0.4) is 0 Å². The van der Waals surface area contributed by atoms with E-state index in [4.69, 9.17) is 0 Å². The molecule has 0 saturated carbocycles. The minimum atomic E-state index is 0.0343. The largest absolute Gasteiger partial charge is 0.325 e. The van der Waals surface area contributed by atoms with E-state index < -0.39 is 0 Å². The van der Waals surface area contributed by atoms with E-state index in [0.29, 0.717) is 6.54 Å². The highest BCUT2D eigenvalue weighted by Crippen LogP contribution is 2.21. The zero-order valence-corrected chi connectivity index (χ0v) is 8.48. The summed E-state index contributed by atoms with van der Waals surface area (Å²) >= 11 is 0. The second-order valence-corrected chi connectivity index (χ2v) is 3.75. The van der Waals surface area contributed by atoms with Gasteiger partial charge in [-0.15, -0.1) is 0 Å². The van der Waals surface area contributed by atoms with Crippen molar-refractivity contribution in [1.29, 1.82) is 0 Å². The Bertz CT molecular complexity index is 385. The maximum Gasteiger partial charge on any atom is 0.238 e. The Hall–Kier alpha value is -1.35. The van der Waals surface area contributed by atoms with Crippen molar-refractivity contribution in [2.45, 2.75) is 20.4 Å². The Labute approximate surface area is 83.5 Å². The van der Waals surface area contributed by atoms with Gasteiger partial charge in [0.25, 0.3) is 0 Å². The second kappa shape index (κ2) is 3.42. The summed E-state index contributed by atoms with van der Waals surface area (Å²) in [6.45, 7) is 5.30. The van der Waals surface area contributed by atoms with Crippen molar-refractivity contribution in [3.8, 4) is 0 Å². The SMILES string of the molecule is Cc1cc2c(cc1C)NC(=O)CNC2. The molecule has 2 N–H and O–H groups in total. The molecule has 0 spiro atoms. The summed E-state index contributed by atoms with van der Waals surface area (Å²) in [6.07, 6.45) is 0. The molecule has 3 nitrogen and oxygen atoms in total. The van der Waals surface area contributed by atoms with E-state index >= 15 is 0 Å². The minimum absolute atomic E-state index is 0.0343. The molecule has 0 radical (unpaired) electrons. The van der Waals surface area contributed by atoms with Crippen LogP contribution in [0.5, 0.6) is 0 Å². The number of amides is 1. The molecule has 1 heterocycles. The molecule has 1 aromatic rings. The van der Waals surface area contributed by atoms with Crippen molar-refractivity contribution in [3.63, 3.8) is 0 Å². The van der Waals surface area contributed by atoms with Gasteiger partial charge in [0.1, 0.15) is 0 Å². The monoisotopic (exact) mass is 190 g/mol. The molecule has 0 aromatic heterocycles. The predicted molar refractivity (Wildman–Crippen MR) is 56.3 cm³/mol. The molecular weight excluding hydrogens is 176 g/mol. The average Bonchev–Trinajstić information content (AvgIpc) is 2.28. The highest BCUT2D eigenvalue weighted by atomic mass is 16.1. The van der Waals surface area contributed by atoms with Crippen molar-refractivity contribution in [2.75, 3.05) is 11.9 Å². The highest BCUT2D eigenvalue weighted by molar-refractivity contribution is 5.93. The van der Waals surface area contributed by atoms with Crippen molar-refractivity contribution in [3.05, 3.63) is 28.8 Å². The van der Waals surface area contributed by atoms with Crippen molar-refractivity contribution >= 4 is 11.6 Å². The van der Waals surface area contributed by atoms with Crippen LogP contribution in [0.1, 0.15) is 16.7 Å². The van der Waals surface area contributed by atoms with E-state index in [0.717, 1.165) is 12.2 Å².